The van der Waals surface area contributed by atoms with Crippen LogP contribution in [0.4, 0.5) is 0 Å². The number of hydrogen-bond donors (Lipinski definition) is 0. The second kappa shape index (κ2) is 10.9. The number of thioether (sulfide) groups is 1. The van der Waals surface area contributed by atoms with Crippen molar-refractivity contribution in [1.29, 1.82) is 0 Å². The fourth-order valence-corrected chi connectivity index (χ4v) is 6.63. The van der Waals surface area contributed by atoms with Crippen LogP contribution in [0.15, 0.2) is 73.5 Å². The van der Waals surface area contributed by atoms with Gasteiger partial charge >= 0.3 is 0 Å². The Balaban J connectivity index is 1.57. The topological polar surface area (TPSA) is 85.3 Å². The highest BCUT2D eigenvalue weighted by molar-refractivity contribution is 8.19. The molecule has 2 heterocycles. The number of ether oxygens (including phenoxy) is 2. The summed E-state index contributed by atoms with van der Waals surface area (Å²) in [5.41, 5.74) is 1.54. The Morgan fingerprint density at radius 1 is 1.11 bits per heavy atom. The third-order valence-corrected chi connectivity index (χ3v) is 9.11. The zero-order valence-electron chi connectivity index (χ0n) is 18.8. The molecule has 0 spiro atoms. The summed E-state index contributed by atoms with van der Waals surface area (Å²) < 4.78 is 40.6. The molecule has 0 radical (unpaired) electrons. The zero-order valence-corrected chi connectivity index (χ0v) is 22.0. The molecule has 1 saturated heterocycles. The first-order valence-corrected chi connectivity index (χ1v) is 14.0. The Bertz CT molecular complexity index is 1400. The molecule has 7 nitrogen and oxygen atoms in total. The lowest BCUT2D eigenvalue weighted by molar-refractivity contribution is -0.122. The van der Waals surface area contributed by atoms with E-state index in [1.54, 1.807) is 48.7 Å². The minimum atomic E-state index is -3.89. The van der Waals surface area contributed by atoms with Gasteiger partial charge in [-0.25, -0.2) is 0 Å². The molecule has 4 rings (SSSR count). The van der Waals surface area contributed by atoms with Crippen molar-refractivity contribution in [2.75, 3.05) is 13.7 Å². The summed E-state index contributed by atoms with van der Waals surface area (Å²) >= 11 is 8.30. The maximum absolute atomic E-state index is 12.9. The first kappa shape index (κ1) is 25.3. The van der Waals surface area contributed by atoms with Gasteiger partial charge in [-0.2, -0.15) is 8.42 Å². The largest absolute Gasteiger partial charge is 0.493 e. The Morgan fingerprint density at radius 2 is 1.91 bits per heavy atom. The molecule has 1 fully saturated rings. The molecule has 35 heavy (non-hydrogen) atoms. The van der Waals surface area contributed by atoms with E-state index in [2.05, 4.69) is 4.40 Å². The van der Waals surface area contributed by atoms with Crippen molar-refractivity contribution in [3.05, 3.63) is 81.0 Å². The van der Waals surface area contributed by atoms with Gasteiger partial charge in [0, 0.05) is 17.1 Å². The van der Waals surface area contributed by atoms with E-state index in [1.165, 1.54) is 18.1 Å². The van der Waals surface area contributed by atoms with Crippen LogP contribution in [0.2, 0.25) is 5.02 Å². The predicted octanol–water partition coefficient (Wildman–Crippen LogP) is 5.67. The summed E-state index contributed by atoms with van der Waals surface area (Å²) in [6.07, 6.45) is 1.68. The monoisotopic (exact) mass is 548 g/mol. The van der Waals surface area contributed by atoms with E-state index in [0.717, 1.165) is 28.7 Å². The average molecular weight is 549 g/mol. The van der Waals surface area contributed by atoms with Crippen LogP contribution >= 0.6 is 34.7 Å². The number of methoxy groups -OCH3 is 1. The van der Waals surface area contributed by atoms with Crippen LogP contribution in [-0.2, 0) is 21.4 Å². The standard InChI is InChI=1S/C24H21ClN2O5S3/c1-3-27-23(28)21(34-24(27)26-35(29,30)22-9-6-12-33-22)14-16-10-11-19(20(13-16)31-2)32-15-17-7-4-5-8-18(17)25/h4-14H,3,15H2,1-2H3/b21-14-,26-24+. The van der Waals surface area contributed by atoms with E-state index in [9.17, 15) is 13.2 Å². The van der Waals surface area contributed by atoms with Crippen molar-refractivity contribution in [2.24, 2.45) is 4.40 Å². The number of rotatable bonds is 8. The summed E-state index contributed by atoms with van der Waals surface area (Å²) in [7, 11) is -2.36. The molecule has 0 aliphatic carbocycles. The van der Waals surface area contributed by atoms with Gasteiger partial charge < -0.3 is 9.47 Å². The molecule has 182 valence electrons. The zero-order chi connectivity index (χ0) is 25.0. The van der Waals surface area contributed by atoms with Crippen molar-refractivity contribution in [3.63, 3.8) is 0 Å². The average Bonchev–Trinajstić information content (AvgIpc) is 3.48. The molecule has 0 unspecified atom stereocenters. The minimum Gasteiger partial charge on any atom is -0.493 e. The van der Waals surface area contributed by atoms with E-state index in [4.69, 9.17) is 21.1 Å². The van der Waals surface area contributed by atoms with Gasteiger partial charge in [0.15, 0.2) is 16.7 Å². The maximum Gasteiger partial charge on any atom is 0.294 e. The van der Waals surface area contributed by atoms with Gasteiger partial charge in [-0.3, -0.25) is 9.69 Å². The highest BCUT2D eigenvalue weighted by Gasteiger charge is 2.34. The van der Waals surface area contributed by atoms with Crippen molar-refractivity contribution in [2.45, 2.75) is 17.7 Å². The van der Waals surface area contributed by atoms with Crippen molar-refractivity contribution in [3.8, 4) is 11.5 Å². The van der Waals surface area contributed by atoms with E-state index < -0.39 is 10.0 Å². The molecule has 1 aliphatic rings. The molecule has 1 aromatic heterocycles. The lowest BCUT2D eigenvalue weighted by Crippen LogP contribution is -2.29. The molecular formula is C24H21ClN2O5S3. The maximum atomic E-state index is 12.9. The Hall–Kier alpha value is -2.79. The molecule has 11 heteroatoms. The second-order valence-corrected chi connectivity index (χ2v) is 11.4. The Morgan fingerprint density at radius 3 is 2.60 bits per heavy atom. The molecule has 0 saturated carbocycles. The number of amides is 1. The van der Waals surface area contributed by atoms with Crippen LogP contribution in [0, 0.1) is 0 Å². The van der Waals surface area contributed by atoms with Crippen LogP contribution < -0.4 is 9.47 Å². The quantitative estimate of drug-likeness (QED) is 0.337. The molecule has 1 amide bonds. The van der Waals surface area contributed by atoms with Crippen LogP contribution in [0.3, 0.4) is 0 Å². The first-order chi connectivity index (χ1) is 16.8. The van der Waals surface area contributed by atoms with Crippen LogP contribution in [0.1, 0.15) is 18.1 Å². The molecule has 0 N–H and O–H groups in total. The van der Waals surface area contributed by atoms with Crippen LogP contribution in [0.5, 0.6) is 11.5 Å². The molecule has 0 bridgehead atoms. The van der Waals surface area contributed by atoms with Crippen molar-refractivity contribution >= 4 is 61.9 Å². The van der Waals surface area contributed by atoms with Gasteiger partial charge in [0.05, 0.1) is 12.0 Å². The number of thiophene rings is 1. The molecule has 3 aromatic rings. The third-order valence-electron chi connectivity index (χ3n) is 4.98. The van der Waals surface area contributed by atoms with E-state index in [1.807, 2.05) is 18.2 Å². The highest BCUT2D eigenvalue weighted by atomic mass is 35.5. The summed E-state index contributed by atoms with van der Waals surface area (Å²) in [5.74, 6) is 0.707. The van der Waals surface area contributed by atoms with Crippen molar-refractivity contribution in [1.82, 2.24) is 4.90 Å². The molecule has 1 aliphatic heterocycles. The van der Waals surface area contributed by atoms with Gasteiger partial charge in [0.25, 0.3) is 15.9 Å². The number of hydrogen-bond acceptors (Lipinski definition) is 7. The Labute approximate surface area is 217 Å². The molecular weight excluding hydrogens is 528 g/mol. The number of amidine groups is 1. The van der Waals surface area contributed by atoms with Crippen molar-refractivity contribution < 1.29 is 22.7 Å². The van der Waals surface area contributed by atoms with Gasteiger partial charge in [0.1, 0.15) is 10.8 Å². The number of carbonyl (C=O) groups excluding carboxylic acids is 1. The minimum absolute atomic E-state index is 0.128. The predicted molar refractivity (Wildman–Crippen MR) is 141 cm³/mol. The first-order valence-electron chi connectivity index (χ1n) is 10.5. The summed E-state index contributed by atoms with van der Waals surface area (Å²) in [6.45, 7) is 2.33. The fraction of sp³-hybridized carbons (Fsp3) is 0.167. The lowest BCUT2D eigenvalue weighted by Gasteiger charge is -2.12. The van der Waals surface area contributed by atoms with E-state index >= 15 is 0 Å². The number of likely N-dealkylation sites (N-methyl/N-ethyl adjacent to an activating group) is 1. The van der Waals surface area contributed by atoms with E-state index in [-0.39, 0.29) is 21.9 Å². The smallest absolute Gasteiger partial charge is 0.294 e. The van der Waals surface area contributed by atoms with Crippen LogP contribution in [-0.4, -0.2) is 38.0 Å². The number of benzene rings is 2. The highest BCUT2D eigenvalue weighted by Crippen LogP contribution is 2.36. The van der Waals surface area contributed by atoms with Crippen LogP contribution in [0.25, 0.3) is 6.08 Å². The number of carbonyl (C=O) groups is 1. The van der Waals surface area contributed by atoms with Gasteiger partial charge in [-0.05, 0) is 60.0 Å². The molecule has 0 atom stereocenters. The summed E-state index contributed by atoms with van der Waals surface area (Å²) in [6, 6.07) is 15.8. The number of halogens is 1. The van der Waals surface area contributed by atoms with E-state index in [0.29, 0.717) is 33.5 Å². The number of nitrogens with zero attached hydrogens (tertiary/aromatic N) is 2. The van der Waals surface area contributed by atoms with Gasteiger partial charge in [-0.1, -0.05) is 41.9 Å². The third kappa shape index (κ3) is 5.72. The fourth-order valence-electron chi connectivity index (χ4n) is 3.23. The van der Waals surface area contributed by atoms with Gasteiger partial charge in [0.2, 0.25) is 0 Å². The number of sulfonamides is 1. The van der Waals surface area contributed by atoms with Gasteiger partial charge in [-0.15, -0.1) is 15.7 Å². The lowest BCUT2D eigenvalue weighted by atomic mass is 10.1. The second-order valence-electron chi connectivity index (χ2n) is 7.23. The normalized spacial score (nSPS) is 16.3. The molecule has 2 aromatic carbocycles. The summed E-state index contributed by atoms with van der Waals surface area (Å²) in [5, 5.41) is 2.41. The SMILES string of the molecule is CCN1C(=O)/C(=C/c2ccc(OCc3ccccc3Cl)c(OC)c2)S/C1=N/S(=O)(=O)c1cccs1. The Kier molecular flexibility index (Phi) is 7.85. The summed E-state index contributed by atoms with van der Waals surface area (Å²) in [4.78, 5) is 14.6.